The van der Waals surface area contributed by atoms with Crippen LogP contribution in [0.25, 0.3) is 10.9 Å². The fourth-order valence-electron chi connectivity index (χ4n) is 8.09. The third-order valence-electron chi connectivity index (χ3n) is 10.1. The molecule has 1 N–H and O–H groups in total. The largest absolute Gasteiger partial charge is 0.497 e. The van der Waals surface area contributed by atoms with Gasteiger partial charge in [0.1, 0.15) is 18.1 Å². The van der Waals surface area contributed by atoms with Gasteiger partial charge < -0.3 is 14.5 Å². The number of H-pyrrole nitrogens is 1. The molecule has 0 unspecified atom stereocenters. The number of rotatable bonds is 6. The van der Waals surface area contributed by atoms with Crippen LogP contribution >= 0.6 is 0 Å². The summed E-state index contributed by atoms with van der Waals surface area (Å²) in [6, 6.07) is 34.2. The first-order valence-electron chi connectivity index (χ1n) is 15.5. The molecule has 0 bridgehead atoms. The summed E-state index contributed by atoms with van der Waals surface area (Å²) in [7, 11) is 1.61. The van der Waals surface area contributed by atoms with Crippen molar-refractivity contribution >= 4 is 28.4 Å². The Morgan fingerprint density at radius 2 is 1.55 bits per heavy atom. The van der Waals surface area contributed by atoms with E-state index in [4.69, 9.17) is 9.47 Å². The number of carbonyl (C=O) groups is 2. The van der Waals surface area contributed by atoms with E-state index in [1.54, 1.807) is 31.4 Å². The number of carbonyl (C=O) groups excluding carboxylic acids is 2. The molecule has 6 nitrogen and oxygen atoms in total. The number of aromatic amines is 1. The van der Waals surface area contributed by atoms with Gasteiger partial charge in [0.2, 0.25) is 11.8 Å². The van der Waals surface area contributed by atoms with E-state index in [9.17, 15) is 9.59 Å². The van der Waals surface area contributed by atoms with Crippen molar-refractivity contribution < 1.29 is 19.1 Å². The monoisotopic (exact) mass is 582 g/mol. The molecule has 1 aromatic heterocycles. The van der Waals surface area contributed by atoms with Gasteiger partial charge in [-0.2, -0.15) is 0 Å². The SMILES string of the molecule is COc1ccc(N2C(=O)[C@H]3[C@H]4C[C@@H](c5ccccc5)CC[C@@H]4c4c([nH]c5ccc(OCc6ccccc6)cc45)[C@@H]3C2=O)cc1. The maximum Gasteiger partial charge on any atom is 0.243 e. The normalized spacial score (nSPS) is 24.1. The Kier molecular flexibility index (Phi) is 6.51. The molecule has 2 amide bonds. The van der Waals surface area contributed by atoms with E-state index in [0.717, 1.165) is 47.2 Å². The molecule has 2 heterocycles. The van der Waals surface area contributed by atoms with Crippen molar-refractivity contribution in [1.29, 1.82) is 0 Å². The number of aromatic nitrogens is 1. The molecule has 0 spiro atoms. The van der Waals surface area contributed by atoms with E-state index >= 15 is 0 Å². The van der Waals surface area contributed by atoms with Gasteiger partial charge in [-0.25, -0.2) is 4.90 Å². The number of nitrogens with one attached hydrogen (secondary N) is 1. The van der Waals surface area contributed by atoms with E-state index < -0.39 is 11.8 Å². The molecule has 1 aliphatic heterocycles. The van der Waals surface area contributed by atoms with E-state index in [-0.39, 0.29) is 23.7 Å². The summed E-state index contributed by atoms with van der Waals surface area (Å²) >= 11 is 0. The lowest BCUT2D eigenvalue weighted by Gasteiger charge is -2.44. The molecule has 4 aromatic carbocycles. The van der Waals surface area contributed by atoms with Crippen LogP contribution in [0.5, 0.6) is 11.5 Å². The first kappa shape index (κ1) is 26.8. The lowest BCUT2D eigenvalue weighted by molar-refractivity contribution is -0.123. The molecule has 2 aliphatic carbocycles. The predicted molar refractivity (Wildman–Crippen MR) is 170 cm³/mol. The van der Waals surface area contributed by atoms with Gasteiger partial charge in [-0.15, -0.1) is 0 Å². The molecule has 5 atom stereocenters. The Morgan fingerprint density at radius 1 is 0.818 bits per heavy atom. The highest BCUT2D eigenvalue weighted by Gasteiger charge is 2.59. The molecule has 6 heteroatoms. The fourth-order valence-corrected chi connectivity index (χ4v) is 8.09. The highest BCUT2D eigenvalue weighted by molar-refractivity contribution is 6.24. The summed E-state index contributed by atoms with van der Waals surface area (Å²) in [5, 5.41) is 1.10. The van der Waals surface area contributed by atoms with Crippen molar-refractivity contribution in [3.63, 3.8) is 0 Å². The molecule has 8 rings (SSSR count). The lowest BCUT2D eigenvalue weighted by atomic mass is 9.58. The maximum atomic E-state index is 14.3. The van der Waals surface area contributed by atoms with Crippen molar-refractivity contribution in [3.05, 3.63) is 126 Å². The summed E-state index contributed by atoms with van der Waals surface area (Å²) in [4.78, 5) is 33.7. The molecule has 5 aromatic rings. The van der Waals surface area contributed by atoms with E-state index in [1.165, 1.54) is 16.0 Å². The summed E-state index contributed by atoms with van der Waals surface area (Å²) in [5.41, 5.74) is 6.10. The standard InChI is InChI=1S/C38H34N2O4/c1-43-27-15-13-26(14-16-27)40-37(41)34-30-20-25(24-10-6-3-7-11-24)12-18-29(30)33-31-21-28(44-22-23-8-4-2-5-9-23)17-19-32(31)39-36(33)35(34)38(40)42/h2-11,13-17,19,21,25,29-30,34-35,39H,12,18,20,22H2,1H3/t25-,29-,30-,34-,35+/m0/s1. The van der Waals surface area contributed by atoms with Gasteiger partial charge in [-0.3, -0.25) is 9.59 Å². The first-order valence-corrected chi connectivity index (χ1v) is 15.5. The molecule has 2 fully saturated rings. The molecule has 220 valence electrons. The van der Waals surface area contributed by atoms with Crippen molar-refractivity contribution in [2.45, 2.75) is 43.6 Å². The van der Waals surface area contributed by atoms with E-state index in [2.05, 4.69) is 53.5 Å². The van der Waals surface area contributed by atoms with Crippen molar-refractivity contribution in [1.82, 2.24) is 4.98 Å². The summed E-state index contributed by atoms with van der Waals surface area (Å²) in [6.07, 6.45) is 2.89. The van der Waals surface area contributed by atoms with Gasteiger partial charge in [0, 0.05) is 16.6 Å². The zero-order valence-electron chi connectivity index (χ0n) is 24.6. The fraction of sp³-hybridized carbons (Fsp3) is 0.263. The van der Waals surface area contributed by atoms with Gasteiger partial charge in [0.15, 0.2) is 0 Å². The Balaban J connectivity index is 1.22. The highest BCUT2D eigenvalue weighted by Crippen LogP contribution is 2.59. The van der Waals surface area contributed by atoms with E-state index in [1.807, 2.05) is 30.3 Å². The van der Waals surface area contributed by atoms with Crippen molar-refractivity contribution in [2.75, 3.05) is 12.0 Å². The molecule has 1 saturated carbocycles. The van der Waals surface area contributed by atoms with Crippen LogP contribution in [-0.2, 0) is 16.2 Å². The highest BCUT2D eigenvalue weighted by atomic mass is 16.5. The Bertz CT molecular complexity index is 1850. The first-order chi connectivity index (χ1) is 21.6. The third-order valence-corrected chi connectivity index (χ3v) is 10.1. The molecule has 3 aliphatic rings. The topological polar surface area (TPSA) is 71.6 Å². The minimum Gasteiger partial charge on any atom is -0.497 e. The van der Waals surface area contributed by atoms with Gasteiger partial charge >= 0.3 is 0 Å². The van der Waals surface area contributed by atoms with Crippen molar-refractivity contribution in [2.24, 2.45) is 11.8 Å². The molecular formula is C38H34N2O4. The molecule has 1 saturated heterocycles. The number of amides is 2. The average Bonchev–Trinajstić information content (AvgIpc) is 3.58. The van der Waals surface area contributed by atoms with E-state index in [0.29, 0.717) is 24.0 Å². The predicted octanol–water partition coefficient (Wildman–Crippen LogP) is 7.71. The summed E-state index contributed by atoms with van der Waals surface area (Å²) in [6.45, 7) is 0.484. The van der Waals surface area contributed by atoms with Gasteiger partial charge in [-0.05, 0) is 96.2 Å². The molecule has 0 radical (unpaired) electrons. The zero-order valence-corrected chi connectivity index (χ0v) is 24.6. The average molecular weight is 583 g/mol. The number of hydrogen-bond donors (Lipinski definition) is 1. The smallest absolute Gasteiger partial charge is 0.243 e. The minimum absolute atomic E-state index is 0.0547. The number of imide groups is 1. The Morgan fingerprint density at radius 3 is 2.30 bits per heavy atom. The zero-order chi connectivity index (χ0) is 29.8. The number of ether oxygens (including phenoxy) is 2. The van der Waals surface area contributed by atoms with Crippen LogP contribution in [0.4, 0.5) is 5.69 Å². The van der Waals surface area contributed by atoms with Crippen LogP contribution in [0.15, 0.2) is 103 Å². The second kappa shape index (κ2) is 10.7. The Labute approximate surface area is 256 Å². The van der Waals surface area contributed by atoms with Gasteiger partial charge in [-0.1, -0.05) is 60.7 Å². The number of benzene rings is 4. The molecular weight excluding hydrogens is 548 g/mol. The number of anilines is 1. The molecule has 44 heavy (non-hydrogen) atoms. The minimum atomic E-state index is -0.545. The van der Waals surface area contributed by atoms with Gasteiger partial charge in [0.25, 0.3) is 0 Å². The lowest BCUT2D eigenvalue weighted by Crippen LogP contribution is -2.39. The third kappa shape index (κ3) is 4.31. The maximum absolute atomic E-state index is 14.3. The number of methoxy groups -OCH3 is 1. The number of hydrogen-bond acceptors (Lipinski definition) is 4. The summed E-state index contributed by atoms with van der Waals surface area (Å²) < 4.78 is 11.6. The summed E-state index contributed by atoms with van der Waals surface area (Å²) in [5.74, 6) is 0.874. The second-order valence-electron chi connectivity index (χ2n) is 12.3. The van der Waals surface area contributed by atoms with Crippen LogP contribution in [0.3, 0.4) is 0 Å². The van der Waals surface area contributed by atoms with Crippen LogP contribution < -0.4 is 14.4 Å². The van der Waals surface area contributed by atoms with Crippen LogP contribution in [0.2, 0.25) is 0 Å². The number of nitrogens with zero attached hydrogens (tertiary/aromatic N) is 1. The van der Waals surface area contributed by atoms with Crippen molar-refractivity contribution in [3.8, 4) is 11.5 Å². The van der Waals surface area contributed by atoms with Crippen LogP contribution in [0.1, 0.15) is 59.4 Å². The van der Waals surface area contributed by atoms with Crippen LogP contribution in [-0.4, -0.2) is 23.9 Å². The second-order valence-corrected chi connectivity index (χ2v) is 12.3. The number of fused-ring (bicyclic) bond motifs is 8. The van der Waals surface area contributed by atoms with Crippen LogP contribution in [0, 0.1) is 11.8 Å². The quantitative estimate of drug-likeness (QED) is 0.208. The Hall–Kier alpha value is -4.84. The van der Waals surface area contributed by atoms with Gasteiger partial charge in [0.05, 0.1) is 24.6 Å².